The molecule has 0 saturated carbocycles. The van der Waals surface area contributed by atoms with Gasteiger partial charge in [0.05, 0.1) is 5.69 Å². The maximum Gasteiger partial charge on any atom is 0.327 e. The van der Waals surface area contributed by atoms with Crippen molar-refractivity contribution in [2.75, 3.05) is 17.7 Å². The molecule has 1 unspecified atom stereocenters. The summed E-state index contributed by atoms with van der Waals surface area (Å²) >= 11 is 0. The molecule has 0 spiro atoms. The number of hydrogen-bond donors (Lipinski definition) is 3. The number of anilines is 2. The van der Waals surface area contributed by atoms with E-state index in [1.54, 1.807) is 6.92 Å². The predicted molar refractivity (Wildman–Crippen MR) is 77.8 cm³/mol. The van der Waals surface area contributed by atoms with Gasteiger partial charge in [-0.05, 0) is 38.6 Å². The van der Waals surface area contributed by atoms with Crippen LogP contribution < -0.4 is 16.0 Å². The van der Waals surface area contributed by atoms with Crippen molar-refractivity contribution >= 4 is 17.7 Å². The quantitative estimate of drug-likeness (QED) is 0.801. The van der Waals surface area contributed by atoms with Gasteiger partial charge in [0.2, 0.25) is 0 Å². The molecule has 2 rings (SSSR count). The van der Waals surface area contributed by atoms with Crippen molar-refractivity contribution < 1.29 is 9.21 Å². The van der Waals surface area contributed by atoms with E-state index in [9.17, 15) is 4.79 Å². The lowest BCUT2D eigenvalue weighted by atomic mass is 10.1. The van der Waals surface area contributed by atoms with E-state index in [1.807, 2.05) is 31.3 Å². The Bertz CT molecular complexity index is 577. The fourth-order valence-electron chi connectivity index (χ4n) is 1.69. The molecule has 6 heteroatoms. The highest BCUT2D eigenvalue weighted by Gasteiger charge is 2.07. The highest BCUT2D eigenvalue weighted by molar-refractivity contribution is 5.98. The molecule has 0 aliphatic heterocycles. The van der Waals surface area contributed by atoms with Gasteiger partial charge in [-0.25, -0.2) is 4.79 Å². The Morgan fingerprint density at radius 1 is 1.25 bits per heavy atom. The first-order valence-corrected chi connectivity index (χ1v) is 6.36. The molecule has 0 aliphatic carbocycles. The van der Waals surface area contributed by atoms with E-state index in [1.165, 1.54) is 6.26 Å². The Morgan fingerprint density at radius 3 is 2.50 bits per heavy atom. The van der Waals surface area contributed by atoms with Crippen LogP contribution in [0.4, 0.5) is 16.5 Å². The van der Waals surface area contributed by atoms with Crippen LogP contribution in [-0.4, -0.2) is 18.1 Å². The summed E-state index contributed by atoms with van der Waals surface area (Å²) in [4.78, 5) is 15.7. The third kappa shape index (κ3) is 3.58. The Kier molecular flexibility index (Phi) is 4.37. The second kappa shape index (κ2) is 6.21. The first kappa shape index (κ1) is 14.1. The van der Waals surface area contributed by atoms with Gasteiger partial charge in [0.25, 0.3) is 0 Å². The molecule has 1 aromatic heterocycles. The summed E-state index contributed by atoms with van der Waals surface area (Å²) < 4.78 is 5.05. The molecule has 2 amide bonds. The van der Waals surface area contributed by atoms with Crippen LogP contribution in [-0.2, 0) is 0 Å². The molecule has 6 nitrogen and oxygen atoms in total. The monoisotopic (exact) mass is 274 g/mol. The molecule has 2 aromatic rings. The molecule has 1 aromatic carbocycles. The molecule has 1 heterocycles. The molecular weight excluding hydrogens is 256 g/mol. The number of aromatic nitrogens is 1. The summed E-state index contributed by atoms with van der Waals surface area (Å²) in [7, 11) is 1.91. The number of urea groups is 1. The minimum absolute atomic E-state index is 0.181. The number of benzene rings is 1. The smallest absolute Gasteiger partial charge is 0.327 e. The van der Waals surface area contributed by atoms with Crippen LogP contribution in [0.1, 0.15) is 24.2 Å². The first-order valence-electron chi connectivity index (χ1n) is 6.36. The second-order valence-electron chi connectivity index (χ2n) is 4.51. The van der Waals surface area contributed by atoms with Gasteiger partial charge in [0.1, 0.15) is 6.26 Å². The van der Waals surface area contributed by atoms with Crippen LogP contribution in [0.25, 0.3) is 0 Å². The number of aryl methyl sites for hydroxylation is 1. The van der Waals surface area contributed by atoms with Gasteiger partial charge in [-0.3, -0.25) is 5.32 Å². The number of nitrogens with zero attached hydrogens (tertiary/aromatic N) is 1. The van der Waals surface area contributed by atoms with Crippen molar-refractivity contribution in [3.63, 3.8) is 0 Å². The lowest BCUT2D eigenvalue weighted by Crippen LogP contribution is -2.19. The molecule has 106 valence electrons. The third-order valence-corrected chi connectivity index (χ3v) is 2.94. The second-order valence-corrected chi connectivity index (χ2v) is 4.51. The molecule has 0 saturated heterocycles. The first-order chi connectivity index (χ1) is 9.58. The zero-order chi connectivity index (χ0) is 14.5. The van der Waals surface area contributed by atoms with Crippen LogP contribution in [0.5, 0.6) is 0 Å². The summed E-state index contributed by atoms with van der Waals surface area (Å²) in [5, 5.41) is 8.39. The summed E-state index contributed by atoms with van der Waals surface area (Å²) in [6.07, 6.45) is 1.48. The van der Waals surface area contributed by atoms with Gasteiger partial charge in [-0.15, -0.1) is 0 Å². The lowest BCUT2D eigenvalue weighted by molar-refractivity contribution is 0.261. The van der Waals surface area contributed by atoms with E-state index in [-0.39, 0.29) is 18.1 Å². The molecule has 0 aliphatic rings. The van der Waals surface area contributed by atoms with E-state index >= 15 is 0 Å². The van der Waals surface area contributed by atoms with Crippen molar-refractivity contribution in [3.05, 3.63) is 41.8 Å². The minimum atomic E-state index is -0.388. The average molecular weight is 274 g/mol. The fraction of sp³-hybridized carbons (Fsp3) is 0.286. The zero-order valence-corrected chi connectivity index (χ0v) is 11.7. The van der Waals surface area contributed by atoms with Crippen LogP contribution in [0.2, 0.25) is 0 Å². The maximum atomic E-state index is 11.7. The highest BCUT2D eigenvalue weighted by Crippen LogP contribution is 2.16. The van der Waals surface area contributed by atoms with Gasteiger partial charge >= 0.3 is 12.0 Å². The number of hydrogen-bond acceptors (Lipinski definition) is 4. The van der Waals surface area contributed by atoms with E-state index in [0.717, 1.165) is 5.56 Å². The number of rotatable bonds is 4. The number of oxazole rings is 1. The minimum Gasteiger partial charge on any atom is -0.432 e. The van der Waals surface area contributed by atoms with Crippen LogP contribution in [0.15, 0.2) is 34.9 Å². The largest absolute Gasteiger partial charge is 0.432 e. The number of carbonyl (C=O) groups excluding carboxylic acids is 1. The van der Waals surface area contributed by atoms with E-state index in [2.05, 4.69) is 27.9 Å². The average Bonchev–Trinajstić information content (AvgIpc) is 2.84. The fourth-order valence-corrected chi connectivity index (χ4v) is 1.69. The van der Waals surface area contributed by atoms with E-state index < -0.39 is 0 Å². The summed E-state index contributed by atoms with van der Waals surface area (Å²) in [5.74, 6) is 0. The molecule has 20 heavy (non-hydrogen) atoms. The van der Waals surface area contributed by atoms with Crippen molar-refractivity contribution in [2.24, 2.45) is 0 Å². The topological polar surface area (TPSA) is 79.2 Å². The van der Waals surface area contributed by atoms with Crippen LogP contribution in [0, 0.1) is 6.92 Å². The van der Waals surface area contributed by atoms with E-state index in [4.69, 9.17) is 4.42 Å². The van der Waals surface area contributed by atoms with Crippen LogP contribution in [0.3, 0.4) is 0 Å². The predicted octanol–water partition coefficient (Wildman–Crippen LogP) is 2.91. The van der Waals surface area contributed by atoms with Crippen molar-refractivity contribution in [1.82, 2.24) is 10.3 Å². The molecule has 0 bridgehead atoms. The van der Waals surface area contributed by atoms with Gasteiger partial charge in [-0.2, -0.15) is 4.98 Å². The van der Waals surface area contributed by atoms with Gasteiger partial charge in [0.15, 0.2) is 0 Å². The van der Waals surface area contributed by atoms with Crippen molar-refractivity contribution in [2.45, 2.75) is 19.9 Å². The van der Waals surface area contributed by atoms with Gasteiger partial charge in [-0.1, -0.05) is 12.1 Å². The van der Waals surface area contributed by atoms with Crippen LogP contribution >= 0.6 is 0 Å². The Morgan fingerprint density at radius 2 is 1.95 bits per heavy atom. The number of nitrogens with one attached hydrogen (secondary N) is 3. The SMILES string of the molecule is CNC(C)c1ccc(NC(=O)Nc2nc(C)co2)cc1. The van der Waals surface area contributed by atoms with Gasteiger partial charge < -0.3 is 15.1 Å². The number of amides is 2. The molecule has 3 N–H and O–H groups in total. The summed E-state index contributed by atoms with van der Waals surface area (Å²) in [5.41, 5.74) is 2.57. The zero-order valence-electron chi connectivity index (χ0n) is 11.7. The lowest BCUT2D eigenvalue weighted by Gasteiger charge is -2.11. The summed E-state index contributed by atoms with van der Waals surface area (Å²) in [6.45, 7) is 3.86. The molecule has 1 atom stereocenters. The van der Waals surface area contributed by atoms with Gasteiger partial charge in [0, 0.05) is 11.7 Å². The highest BCUT2D eigenvalue weighted by atomic mass is 16.4. The Balaban J connectivity index is 1.94. The van der Waals surface area contributed by atoms with Crippen molar-refractivity contribution in [3.8, 4) is 0 Å². The number of carbonyl (C=O) groups is 1. The normalized spacial score (nSPS) is 11.9. The molecule has 0 fully saturated rings. The Labute approximate surface area is 117 Å². The maximum absolute atomic E-state index is 11.7. The summed E-state index contributed by atoms with van der Waals surface area (Å²) in [6, 6.07) is 7.69. The standard InChI is InChI=1S/C14H18N4O2/c1-9-8-20-14(16-9)18-13(19)17-12-6-4-11(5-7-12)10(2)15-3/h4-8,10,15H,1-3H3,(H2,16,17,18,19). The van der Waals surface area contributed by atoms with Crippen molar-refractivity contribution in [1.29, 1.82) is 0 Å². The molecular formula is C14H18N4O2. The van der Waals surface area contributed by atoms with E-state index in [0.29, 0.717) is 11.4 Å². The third-order valence-electron chi connectivity index (χ3n) is 2.94. The molecule has 0 radical (unpaired) electrons. The Hall–Kier alpha value is -2.34.